The maximum atomic E-state index is 6.18. The van der Waals surface area contributed by atoms with E-state index < -0.39 is 0 Å². The zero-order chi connectivity index (χ0) is 12.7. The Morgan fingerprint density at radius 3 is 2.83 bits per heavy atom. The summed E-state index contributed by atoms with van der Waals surface area (Å²) in [7, 11) is 0. The van der Waals surface area contributed by atoms with Crippen molar-refractivity contribution in [2.45, 2.75) is 0 Å². The van der Waals surface area contributed by atoms with Crippen molar-refractivity contribution in [2.75, 3.05) is 0 Å². The fraction of sp³-hybridized carbons (Fsp3) is 0. The number of hydrogen-bond acceptors (Lipinski definition) is 2. The molecule has 1 aromatic carbocycles. The smallest absolute Gasteiger partial charge is 0.234 e. The van der Waals surface area contributed by atoms with Gasteiger partial charge >= 0.3 is 0 Å². The number of halogens is 3. The predicted molar refractivity (Wildman–Crippen MR) is 76.1 cm³/mol. The minimum absolute atomic E-state index is 0.502. The lowest BCUT2D eigenvalue weighted by molar-refractivity contribution is 1.10. The highest BCUT2D eigenvalue weighted by Gasteiger charge is 2.11. The van der Waals surface area contributed by atoms with Gasteiger partial charge < -0.3 is 0 Å². The van der Waals surface area contributed by atoms with E-state index in [9.17, 15) is 0 Å². The highest BCUT2D eigenvalue weighted by atomic mass is 79.9. The monoisotopic (exact) mass is 341 g/mol. The molecule has 0 aliphatic rings. The van der Waals surface area contributed by atoms with Gasteiger partial charge in [0.25, 0.3) is 0 Å². The molecule has 0 spiro atoms. The van der Waals surface area contributed by atoms with E-state index >= 15 is 0 Å². The Hall–Kier alpha value is -1.10. The highest BCUT2D eigenvalue weighted by molar-refractivity contribution is 9.10. The van der Waals surface area contributed by atoms with Gasteiger partial charge in [-0.25, -0.2) is 9.97 Å². The van der Waals surface area contributed by atoms with Gasteiger partial charge in [-0.3, -0.25) is 4.40 Å². The molecule has 0 saturated carbocycles. The van der Waals surface area contributed by atoms with Crippen molar-refractivity contribution in [2.24, 2.45) is 0 Å². The molecule has 0 unspecified atom stereocenters. The zero-order valence-electron chi connectivity index (χ0n) is 8.94. The van der Waals surface area contributed by atoms with Crippen molar-refractivity contribution in [1.82, 2.24) is 14.4 Å². The van der Waals surface area contributed by atoms with Crippen LogP contribution in [0.25, 0.3) is 17.0 Å². The minimum Gasteiger partial charge on any atom is -0.289 e. The van der Waals surface area contributed by atoms with Gasteiger partial charge in [-0.05, 0) is 22.0 Å². The van der Waals surface area contributed by atoms with E-state index in [0.717, 1.165) is 15.7 Å². The van der Waals surface area contributed by atoms with Crippen LogP contribution in [0, 0.1) is 0 Å². The van der Waals surface area contributed by atoms with Crippen LogP contribution >= 0.6 is 39.1 Å². The fourth-order valence-electron chi connectivity index (χ4n) is 1.69. The molecule has 6 heteroatoms. The van der Waals surface area contributed by atoms with Gasteiger partial charge in [-0.15, -0.1) is 0 Å². The van der Waals surface area contributed by atoms with Gasteiger partial charge in [-0.2, -0.15) is 0 Å². The number of nitrogens with zero attached hydrogens (tertiary/aromatic N) is 3. The van der Waals surface area contributed by atoms with E-state index in [-0.39, 0.29) is 0 Å². The van der Waals surface area contributed by atoms with E-state index in [1.54, 1.807) is 12.3 Å². The molecule has 3 aromatic rings. The summed E-state index contributed by atoms with van der Waals surface area (Å²) in [6.45, 7) is 0. The maximum absolute atomic E-state index is 6.18. The Bertz CT molecular complexity index is 739. The van der Waals surface area contributed by atoms with Crippen LogP contribution in [0.4, 0.5) is 0 Å². The average Bonchev–Trinajstić information content (AvgIpc) is 2.75. The fourth-order valence-corrected chi connectivity index (χ4v) is 2.41. The first-order chi connectivity index (χ1) is 8.65. The summed E-state index contributed by atoms with van der Waals surface area (Å²) >= 11 is 15.5. The first-order valence-corrected chi connectivity index (χ1v) is 6.64. The van der Waals surface area contributed by atoms with Crippen LogP contribution in [0.1, 0.15) is 0 Å². The van der Waals surface area contributed by atoms with Crippen LogP contribution in [-0.2, 0) is 0 Å². The SMILES string of the molecule is Clc1cccc(-c2cn3cc(Br)cnc3n2)c1Cl. The van der Waals surface area contributed by atoms with Crippen LogP contribution < -0.4 is 0 Å². The van der Waals surface area contributed by atoms with Gasteiger partial charge in [0.1, 0.15) is 0 Å². The Kier molecular flexibility index (Phi) is 3.01. The molecular formula is C12H6BrCl2N3. The second-order valence-electron chi connectivity index (χ2n) is 3.71. The molecule has 0 aliphatic carbocycles. The average molecular weight is 343 g/mol. The van der Waals surface area contributed by atoms with E-state index in [1.165, 1.54) is 0 Å². The number of imidazole rings is 1. The summed E-state index contributed by atoms with van der Waals surface area (Å²) in [5, 5.41) is 1.02. The third-order valence-electron chi connectivity index (χ3n) is 2.51. The molecule has 0 bridgehead atoms. The van der Waals surface area contributed by atoms with Crippen LogP contribution in [0.15, 0.2) is 41.3 Å². The number of benzene rings is 1. The van der Waals surface area contributed by atoms with Gasteiger partial charge in [0.15, 0.2) is 0 Å². The first kappa shape index (κ1) is 12.0. The summed E-state index contributed by atoms with van der Waals surface area (Å²) in [6, 6.07) is 5.47. The van der Waals surface area contributed by atoms with Crippen molar-refractivity contribution in [1.29, 1.82) is 0 Å². The summed E-state index contributed by atoms with van der Waals surface area (Å²) in [6.07, 6.45) is 5.45. The Labute approximate surface area is 122 Å². The summed E-state index contributed by atoms with van der Waals surface area (Å²) < 4.78 is 2.72. The quantitative estimate of drug-likeness (QED) is 0.653. The summed E-state index contributed by atoms with van der Waals surface area (Å²) in [5.41, 5.74) is 1.54. The van der Waals surface area contributed by atoms with Gasteiger partial charge in [0.2, 0.25) is 5.78 Å². The molecule has 0 radical (unpaired) electrons. The van der Waals surface area contributed by atoms with Gasteiger partial charge in [0, 0.05) is 24.2 Å². The minimum atomic E-state index is 0.502. The molecule has 0 saturated heterocycles. The van der Waals surface area contributed by atoms with Gasteiger partial charge in [0.05, 0.1) is 20.2 Å². The zero-order valence-corrected chi connectivity index (χ0v) is 12.0. The summed E-state index contributed by atoms with van der Waals surface area (Å²) in [4.78, 5) is 8.62. The molecule has 2 heterocycles. The Morgan fingerprint density at radius 2 is 2.00 bits per heavy atom. The second kappa shape index (κ2) is 4.53. The van der Waals surface area contributed by atoms with Crippen LogP contribution in [-0.4, -0.2) is 14.4 Å². The van der Waals surface area contributed by atoms with E-state index in [0.29, 0.717) is 15.8 Å². The van der Waals surface area contributed by atoms with Crippen molar-refractivity contribution in [3.63, 3.8) is 0 Å². The summed E-state index contributed by atoms with van der Waals surface area (Å²) in [5.74, 6) is 0.615. The third kappa shape index (κ3) is 2.00. The molecule has 0 amide bonds. The van der Waals surface area contributed by atoms with Crippen molar-refractivity contribution in [3.8, 4) is 11.3 Å². The lowest BCUT2D eigenvalue weighted by atomic mass is 10.2. The highest BCUT2D eigenvalue weighted by Crippen LogP contribution is 2.32. The van der Waals surface area contributed by atoms with Crippen molar-refractivity contribution in [3.05, 3.63) is 51.3 Å². The maximum Gasteiger partial charge on any atom is 0.234 e. The first-order valence-electron chi connectivity index (χ1n) is 5.10. The van der Waals surface area contributed by atoms with Crippen molar-refractivity contribution >= 4 is 44.9 Å². The largest absolute Gasteiger partial charge is 0.289 e. The molecule has 3 rings (SSSR count). The molecule has 90 valence electrons. The molecule has 0 fully saturated rings. The second-order valence-corrected chi connectivity index (χ2v) is 5.41. The standard InChI is InChI=1S/C12H6BrCl2N3/c13-7-4-16-12-17-10(6-18(12)5-7)8-2-1-3-9(14)11(8)15/h1-6H. The molecule has 18 heavy (non-hydrogen) atoms. The predicted octanol–water partition coefficient (Wildman–Crippen LogP) is 4.47. The number of fused-ring (bicyclic) bond motifs is 1. The lowest BCUT2D eigenvalue weighted by Crippen LogP contribution is -1.85. The Balaban J connectivity index is 2.22. The van der Waals surface area contributed by atoms with Crippen LogP contribution in [0.2, 0.25) is 10.0 Å². The molecule has 0 aliphatic heterocycles. The number of rotatable bonds is 1. The third-order valence-corrected chi connectivity index (χ3v) is 3.73. The number of hydrogen-bond donors (Lipinski definition) is 0. The Morgan fingerprint density at radius 1 is 1.17 bits per heavy atom. The van der Waals surface area contributed by atoms with Crippen LogP contribution in [0.5, 0.6) is 0 Å². The molecule has 0 N–H and O–H groups in total. The lowest BCUT2D eigenvalue weighted by Gasteiger charge is -2.01. The van der Waals surface area contributed by atoms with Crippen LogP contribution in [0.3, 0.4) is 0 Å². The molecule has 2 aromatic heterocycles. The normalized spacial score (nSPS) is 11.1. The van der Waals surface area contributed by atoms with E-state index in [4.69, 9.17) is 23.2 Å². The molecular weight excluding hydrogens is 337 g/mol. The number of aromatic nitrogens is 3. The van der Waals surface area contributed by atoms with E-state index in [1.807, 2.05) is 28.9 Å². The van der Waals surface area contributed by atoms with Gasteiger partial charge in [-0.1, -0.05) is 35.3 Å². The molecule has 0 atom stereocenters. The molecule has 3 nitrogen and oxygen atoms in total. The van der Waals surface area contributed by atoms with E-state index in [2.05, 4.69) is 25.9 Å². The van der Waals surface area contributed by atoms with Crippen molar-refractivity contribution < 1.29 is 0 Å². The topological polar surface area (TPSA) is 30.2 Å².